The number of ether oxygens (including phenoxy) is 1. The second-order valence-electron chi connectivity index (χ2n) is 2.04. The zero-order valence-electron chi connectivity index (χ0n) is 6.87. The minimum atomic E-state index is -0.850. The molecule has 0 bridgehead atoms. The lowest BCUT2D eigenvalue weighted by Crippen LogP contribution is -2.43. The third kappa shape index (κ3) is 2.08. The number of halogens is 1. The molecule has 12 heavy (non-hydrogen) atoms. The Balaban J connectivity index is 2.77. The zero-order chi connectivity index (χ0) is 8.81. The Bertz CT molecular complexity index is 217. The molecule has 0 aliphatic carbocycles. The van der Waals surface area contributed by atoms with E-state index in [-0.39, 0.29) is 0 Å². The van der Waals surface area contributed by atoms with Crippen molar-refractivity contribution in [2.45, 2.75) is 6.92 Å². The number of rotatable bonds is 4. The Morgan fingerprint density at radius 1 is 1.50 bits per heavy atom. The topological polar surface area (TPSA) is 22.3 Å². The third-order valence-electron chi connectivity index (χ3n) is 1.26. The first-order valence-electron chi connectivity index (χ1n) is 3.71. The molecule has 0 unspecified atom stereocenters. The fourth-order valence-corrected chi connectivity index (χ4v) is 0.826. The van der Waals surface area contributed by atoms with E-state index < -0.39 is 6.86 Å². The predicted octanol–water partition coefficient (Wildman–Crippen LogP) is 0.728. The van der Waals surface area contributed by atoms with E-state index in [0.29, 0.717) is 12.5 Å². The molecule has 0 N–H and O–H groups in total. The van der Waals surface area contributed by atoms with E-state index in [4.69, 9.17) is 4.84 Å². The van der Waals surface area contributed by atoms with Crippen LogP contribution in [-0.2, 0) is 0 Å². The lowest BCUT2D eigenvalue weighted by atomic mass is 10.5. The molecule has 0 saturated heterocycles. The van der Waals surface area contributed by atoms with E-state index in [9.17, 15) is 4.39 Å². The molecule has 1 heterocycles. The summed E-state index contributed by atoms with van der Waals surface area (Å²) in [5.74, 6) is 0.363. The first-order chi connectivity index (χ1) is 5.88. The van der Waals surface area contributed by atoms with Crippen molar-refractivity contribution < 1.29 is 18.7 Å². The highest BCUT2D eigenvalue weighted by molar-refractivity contribution is 5.01. The molecule has 0 aliphatic heterocycles. The van der Waals surface area contributed by atoms with Gasteiger partial charge in [-0.1, -0.05) is 0 Å². The highest BCUT2D eigenvalue weighted by Crippen LogP contribution is 2.00. The molecule has 0 fully saturated rings. The third-order valence-corrected chi connectivity index (χ3v) is 1.26. The lowest BCUT2D eigenvalue weighted by Gasteiger charge is -1.99. The van der Waals surface area contributed by atoms with Crippen molar-refractivity contribution >= 4 is 0 Å². The van der Waals surface area contributed by atoms with Crippen LogP contribution >= 0.6 is 0 Å². The molecule has 66 valence electrons. The molecular formula is C8H11FNO2+. The average Bonchev–Trinajstić information content (AvgIpc) is 2.09. The smallest absolute Gasteiger partial charge is 0.409 e. The van der Waals surface area contributed by atoms with Crippen LogP contribution in [0.5, 0.6) is 5.88 Å². The van der Waals surface area contributed by atoms with E-state index in [1.807, 2.05) is 6.92 Å². The zero-order valence-corrected chi connectivity index (χ0v) is 6.87. The first kappa shape index (κ1) is 8.77. The SMILES string of the molecule is CCO[n+]1ccccc1OCF. The minimum Gasteiger partial charge on any atom is -0.409 e. The monoisotopic (exact) mass is 172 g/mol. The molecule has 1 rings (SSSR count). The summed E-state index contributed by atoms with van der Waals surface area (Å²) in [6.07, 6.45) is 1.66. The van der Waals surface area contributed by atoms with Gasteiger partial charge in [-0.05, 0) is 13.0 Å². The second kappa shape index (κ2) is 4.54. The van der Waals surface area contributed by atoms with Gasteiger partial charge in [-0.15, -0.1) is 0 Å². The van der Waals surface area contributed by atoms with Crippen molar-refractivity contribution in [3.05, 3.63) is 24.4 Å². The summed E-state index contributed by atoms with van der Waals surface area (Å²) in [4.78, 5) is 5.11. The maximum absolute atomic E-state index is 11.8. The van der Waals surface area contributed by atoms with Crippen molar-refractivity contribution in [2.24, 2.45) is 0 Å². The van der Waals surface area contributed by atoms with Crippen LogP contribution in [0.2, 0.25) is 0 Å². The molecule has 1 aromatic rings. The molecule has 4 heteroatoms. The minimum absolute atomic E-state index is 0.363. The highest BCUT2D eigenvalue weighted by Gasteiger charge is 2.10. The molecular weight excluding hydrogens is 161 g/mol. The van der Waals surface area contributed by atoms with Gasteiger partial charge in [0.1, 0.15) is 0 Å². The summed E-state index contributed by atoms with van der Waals surface area (Å²) in [5.41, 5.74) is 0. The number of alkyl halides is 1. The van der Waals surface area contributed by atoms with Gasteiger partial charge in [0.05, 0.1) is 6.07 Å². The standard InChI is InChI=1S/C8H11FNO2/c1-2-12-10-6-4-3-5-8(10)11-7-9/h3-6H,2,7H2,1H3/q+1. The van der Waals surface area contributed by atoms with E-state index >= 15 is 0 Å². The lowest BCUT2D eigenvalue weighted by molar-refractivity contribution is -0.892. The van der Waals surface area contributed by atoms with Gasteiger partial charge in [-0.3, -0.25) is 4.84 Å². The Hall–Kier alpha value is -1.32. The van der Waals surface area contributed by atoms with E-state index in [0.717, 1.165) is 0 Å². The molecule has 0 radical (unpaired) electrons. The Morgan fingerprint density at radius 3 is 3.00 bits per heavy atom. The van der Waals surface area contributed by atoms with Crippen molar-refractivity contribution in [3.63, 3.8) is 0 Å². The largest absolute Gasteiger partial charge is 0.419 e. The normalized spacial score (nSPS) is 9.50. The van der Waals surface area contributed by atoms with Gasteiger partial charge in [-0.2, -0.15) is 0 Å². The molecule has 3 nitrogen and oxygen atoms in total. The molecule has 0 aromatic carbocycles. The van der Waals surface area contributed by atoms with E-state index in [2.05, 4.69) is 4.74 Å². The summed E-state index contributed by atoms with van der Waals surface area (Å²) in [6, 6.07) is 5.16. The van der Waals surface area contributed by atoms with Gasteiger partial charge in [0.15, 0.2) is 6.61 Å². The van der Waals surface area contributed by atoms with Gasteiger partial charge < -0.3 is 4.74 Å². The van der Waals surface area contributed by atoms with Gasteiger partial charge in [-0.25, -0.2) is 4.39 Å². The first-order valence-corrected chi connectivity index (χ1v) is 3.71. The number of aromatic nitrogens is 1. The molecule has 0 spiro atoms. The fraction of sp³-hybridized carbons (Fsp3) is 0.375. The Kier molecular flexibility index (Phi) is 3.32. The van der Waals surface area contributed by atoms with Crippen LogP contribution in [0.3, 0.4) is 0 Å². The van der Waals surface area contributed by atoms with Crippen LogP contribution in [0.25, 0.3) is 0 Å². The van der Waals surface area contributed by atoms with Gasteiger partial charge >= 0.3 is 5.88 Å². The molecule has 0 atom stereocenters. The van der Waals surface area contributed by atoms with E-state index in [1.54, 1.807) is 24.4 Å². The van der Waals surface area contributed by atoms with Crippen LogP contribution < -0.4 is 14.3 Å². The van der Waals surface area contributed by atoms with Gasteiger partial charge in [0.2, 0.25) is 13.1 Å². The van der Waals surface area contributed by atoms with Crippen LogP contribution in [0, 0.1) is 0 Å². The fourth-order valence-electron chi connectivity index (χ4n) is 0.826. The maximum atomic E-state index is 11.8. The van der Waals surface area contributed by atoms with Gasteiger partial charge in [0, 0.05) is 10.8 Å². The second-order valence-corrected chi connectivity index (χ2v) is 2.04. The summed E-state index contributed by atoms with van der Waals surface area (Å²) >= 11 is 0. The Morgan fingerprint density at radius 2 is 2.33 bits per heavy atom. The summed E-state index contributed by atoms with van der Waals surface area (Å²) in [7, 11) is 0. The highest BCUT2D eigenvalue weighted by atomic mass is 19.1. The summed E-state index contributed by atoms with van der Waals surface area (Å²) in [6.45, 7) is 1.51. The molecule has 0 amide bonds. The number of nitrogens with zero attached hydrogens (tertiary/aromatic N) is 1. The van der Waals surface area contributed by atoms with E-state index in [1.165, 1.54) is 4.73 Å². The average molecular weight is 172 g/mol. The van der Waals surface area contributed by atoms with Crippen LogP contribution in [0.15, 0.2) is 24.4 Å². The van der Waals surface area contributed by atoms with Crippen molar-refractivity contribution in [2.75, 3.05) is 13.5 Å². The van der Waals surface area contributed by atoms with Crippen molar-refractivity contribution in [3.8, 4) is 5.88 Å². The molecule has 0 aliphatic rings. The maximum Gasteiger partial charge on any atom is 0.419 e. The number of hydrogen-bond acceptors (Lipinski definition) is 2. The Labute approximate surface area is 70.3 Å². The molecule has 1 aromatic heterocycles. The van der Waals surface area contributed by atoms with Crippen molar-refractivity contribution in [1.29, 1.82) is 0 Å². The van der Waals surface area contributed by atoms with Crippen molar-refractivity contribution in [1.82, 2.24) is 0 Å². The quantitative estimate of drug-likeness (QED) is 0.625. The number of pyridine rings is 1. The van der Waals surface area contributed by atoms with Crippen LogP contribution in [0.4, 0.5) is 4.39 Å². The molecule has 0 saturated carbocycles. The summed E-state index contributed by atoms with van der Waals surface area (Å²) in [5, 5.41) is 0. The van der Waals surface area contributed by atoms with Gasteiger partial charge in [0.25, 0.3) is 0 Å². The number of hydrogen-bond donors (Lipinski definition) is 0. The van der Waals surface area contributed by atoms with Crippen LogP contribution in [-0.4, -0.2) is 13.5 Å². The van der Waals surface area contributed by atoms with Crippen LogP contribution in [0.1, 0.15) is 6.92 Å². The predicted molar refractivity (Wildman–Crippen MR) is 40.4 cm³/mol. The summed E-state index contributed by atoms with van der Waals surface area (Å²) < 4.78 is 17.9.